The fourth-order valence-corrected chi connectivity index (χ4v) is 1.07. The summed E-state index contributed by atoms with van der Waals surface area (Å²) in [5.74, 6) is 0. The highest BCUT2D eigenvalue weighted by Crippen LogP contribution is 1.99. The van der Waals surface area contributed by atoms with Gasteiger partial charge in [0.05, 0.1) is 6.61 Å². The van der Waals surface area contributed by atoms with Crippen LogP contribution in [0.1, 0.15) is 33.6 Å². The van der Waals surface area contributed by atoms with Crippen LogP contribution in [0.2, 0.25) is 0 Å². The van der Waals surface area contributed by atoms with Gasteiger partial charge in [0.1, 0.15) is 0 Å². The van der Waals surface area contributed by atoms with E-state index < -0.39 is 0 Å². The summed E-state index contributed by atoms with van der Waals surface area (Å²) in [4.78, 5) is 0. The Morgan fingerprint density at radius 2 is 1.71 bits per heavy atom. The molecule has 3 nitrogen and oxygen atoms in total. The predicted octanol–water partition coefficient (Wildman–Crippen LogP) is 1.39. The highest BCUT2D eigenvalue weighted by molar-refractivity contribution is 4.69. The SMILES string of the molecule is CNCCOCCCCNC(C)(C)C. The molecule has 0 saturated carbocycles. The molecule has 0 spiro atoms. The summed E-state index contributed by atoms with van der Waals surface area (Å²) in [6.07, 6.45) is 2.34. The first kappa shape index (κ1) is 13.9. The largest absolute Gasteiger partial charge is 0.380 e. The lowest BCUT2D eigenvalue weighted by atomic mass is 10.1. The summed E-state index contributed by atoms with van der Waals surface area (Å²) in [6, 6.07) is 0. The number of hydrogen-bond acceptors (Lipinski definition) is 3. The lowest BCUT2D eigenvalue weighted by molar-refractivity contribution is 0.133. The van der Waals surface area contributed by atoms with E-state index in [-0.39, 0.29) is 5.54 Å². The number of nitrogens with one attached hydrogen (secondary N) is 2. The molecule has 3 heteroatoms. The molecule has 0 bridgehead atoms. The minimum absolute atomic E-state index is 0.243. The van der Waals surface area contributed by atoms with Crippen molar-refractivity contribution < 1.29 is 4.74 Å². The van der Waals surface area contributed by atoms with Gasteiger partial charge in [0.2, 0.25) is 0 Å². The molecule has 0 rings (SSSR count). The Labute approximate surface area is 88.6 Å². The van der Waals surface area contributed by atoms with Gasteiger partial charge < -0.3 is 15.4 Å². The molecule has 0 amide bonds. The van der Waals surface area contributed by atoms with Crippen LogP contribution in [0.3, 0.4) is 0 Å². The summed E-state index contributed by atoms with van der Waals surface area (Å²) >= 11 is 0. The van der Waals surface area contributed by atoms with Gasteiger partial charge in [0.25, 0.3) is 0 Å². The van der Waals surface area contributed by atoms with Crippen LogP contribution in [0.15, 0.2) is 0 Å². The fraction of sp³-hybridized carbons (Fsp3) is 1.00. The molecule has 0 heterocycles. The van der Waals surface area contributed by atoms with Crippen molar-refractivity contribution in [2.24, 2.45) is 0 Å². The van der Waals surface area contributed by atoms with E-state index >= 15 is 0 Å². The van der Waals surface area contributed by atoms with Gasteiger partial charge in [-0.1, -0.05) is 0 Å². The number of ether oxygens (including phenoxy) is 1. The zero-order chi connectivity index (χ0) is 10.9. The van der Waals surface area contributed by atoms with E-state index in [0.717, 1.165) is 32.7 Å². The van der Waals surface area contributed by atoms with Gasteiger partial charge in [0, 0.05) is 18.7 Å². The van der Waals surface area contributed by atoms with Crippen molar-refractivity contribution in [1.82, 2.24) is 10.6 Å². The third-order valence-electron chi connectivity index (χ3n) is 1.87. The van der Waals surface area contributed by atoms with E-state index in [9.17, 15) is 0 Å². The average Bonchev–Trinajstić information content (AvgIpc) is 2.08. The smallest absolute Gasteiger partial charge is 0.0590 e. The van der Waals surface area contributed by atoms with Gasteiger partial charge >= 0.3 is 0 Å². The minimum atomic E-state index is 0.243. The highest BCUT2D eigenvalue weighted by Gasteiger charge is 2.06. The van der Waals surface area contributed by atoms with Crippen LogP contribution in [0.25, 0.3) is 0 Å². The molecule has 0 radical (unpaired) electrons. The normalized spacial score (nSPS) is 12.0. The topological polar surface area (TPSA) is 33.3 Å². The maximum absolute atomic E-state index is 5.42. The minimum Gasteiger partial charge on any atom is -0.380 e. The van der Waals surface area contributed by atoms with Crippen molar-refractivity contribution in [1.29, 1.82) is 0 Å². The third kappa shape index (κ3) is 11.9. The molecule has 0 aromatic heterocycles. The van der Waals surface area contributed by atoms with E-state index in [4.69, 9.17) is 4.74 Å². The average molecular weight is 202 g/mol. The van der Waals surface area contributed by atoms with E-state index in [1.165, 1.54) is 6.42 Å². The third-order valence-corrected chi connectivity index (χ3v) is 1.87. The van der Waals surface area contributed by atoms with E-state index in [0.29, 0.717) is 0 Å². The molecule has 0 aliphatic heterocycles. The van der Waals surface area contributed by atoms with Crippen LogP contribution in [0.4, 0.5) is 0 Å². The van der Waals surface area contributed by atoms with Crippen molar-refractivity contribution in [3.63, 3.8) is 0 Å². The van der Waals surface area contributed by atoms with Crippen molar-refractivity contribution in [3.05, 3.63) is 0 Å². The van der Waals surface area contributed by atoms with Crippen molar-refractivity contribution >= 4 is 0 Å². The summed E-state index contributed by atoms with van der Waals surface area (Å²) in [6.45, 7) is 10.3. The zero-order valence-electron chi connectivity index (χ0n) is 10.2. The number of unbranched alkanes of at least 4 members (excludes halogenated alkanes) is 1. The first-order chi connectivity index (χ1) is 6.56. The van der Waals surface area contributed by atoms with Crippen molar-refractivity contribution in [2.45, 2.75) is 39.2 Å². The second-order valence-corrected chi connectivity index (χ2v) is 4.60. The molecule has 0 saturated heterocycles. The van der Waals surface area contributed by atoms with Crippen molar-refractivity contribution in [2.75, 3.05) is 33.4 Å². The molecule has 0 aliphatic rings. The molecule has 0 aromatic carbocycles. The van der Waals surface area contributed by atoms with Crippen LogP contribution in [0, 0.1) is 0 Å². The highest BCUT2D eigenvalue weighted by atomic mass is 16.5. The van der Waals surface area contributed by atoms with Gasteiger partial charge in [-0.05, 0) is 47.2 Å². The molecule has 0 aromatic rings. The maximum atomic E-state index is 5.42. The Bertz CT molecular complexity index is 121. The quantitative estimate of drug-likeness (QED) is 0.584. The van der Waals surface area contributed by atoms with Crippen LogP contribution in [-0.4, -0.2) is 38.9 Å². The zero-order valence-corrected chi connectivity index (χ0v) is 10.2. The fourth-order valence-electron chi connectivity index (χ4n) is 1.07. The molecular weight excluding hydrogens is 176 g/mol. The lowest BCUT2D eigenvalue weighted by Crippen LogP contribution is -2.36. The first-order valence-electron chi connectivity index (χ1n) is 5.53. The Morgan fingerprint density at radius 3 is 2.29 bits per heavy atom. The Hall–Kier alpha value is -0.120. The number of hydrogen-bond donors (Lipinski definition) is 2. The van der Waals surface area contributed by atoms with Crippen LogP contribution >= 0.6 is 0 Å². The molecule has 2 N–H and O–H groups in total. The lowest BCUT2D eigenvalue weighted by Gasteiger charge is -2.20. The van der Waals surface area contributed by atoms with Gasteiger partial charge in [-0.25, -0.2) is 0 Å². The van der Waals surface area contributed by atoms with E-state index in [1.54, 1.807) is 0 Å². The summed E-state index contributed by atoms with van der Waals surface area (Å²) < 4.78 is 5.42. The van der Waals surface area contributed by atoms with Gasteiger partial charge in [0.15, 0.2) is 0 Å². The van der Waals surface area contributed by atoms with Gasteiger partial charge in [-0.15, -0.1) is 0 Å². The summed E-state index contributed by atoms with van der Waals surface area (Å²) in [5.41, 5.74) is 0.243. The Kier molecular flexibility index (Phi) is 8.14. The van der Waals surface area contributed by atoms with Crippen LogP contribution in [-0.2, 0) is 4.74 Å². The van der Waals surface area contributed by atoms with Crippen LogP contribution < -0.4 is 10.6 Å². The molecule has 0 unspecified atom stereocenters. The van der Waals surface area contributed by atoms with Crippen molar-refractivity contribution in [3.8, 4) is 0 Å². The number of likely N-dealkylation sites (N-methyl/N-ethyl adjacent to an activating group) is 1. The summed E-state index contributed by atoms with van der Waals surface area (Å²) in [5, 5.41) is 6.51. The second kappa shape index (κ2) is 8.21. The predicted molar refractivity (Wildman–Crippen MR) is 61.7 cm³/mol. The monoisotopic (exact) mass is 202 g/mol. The number of rotatable bonds is 8. The molecule has 0 fully saturated rings. The Balaban J connectivity index is 2.99. The molecular formula is C11H26N2O. The summed E-state index contributed by atoms with van der Waals surface area (Å²) in [7, 11) is 1.94. The Morgan fingerprint density at radius 1 is 1.00 bits per heavy atom. The van der Waals surface area contributed by atoms with E-state index in [1.807, 2.05) is 7.05 Å². The maximum Gasteiger partial charge on any atom is 0.0590 e. The van der Waals surface area contributed by atoms with E-state index in [2.05, 4.69) is 31.4 Å². The molecule has 86 valence electrons. The molecule has 0 aliphatic carbocycles. The molecule has 0 atom stereocenters. The first-order valence-corrected chi connectivity index (χ1v) is 5.53. The van der Waals surface area contributed by atoms with Gasteiger partial charge in [-0.2, -0.15) is 0 Å². The molecule has 14 heavy (non-hydrogen) atoms. The second-order valence-electron chi connectivity index (χ2n) is 4.60. The van der Waals surface area contributed by atoms with Crippen LogP contribution in [0.5, 0.6) is 0 Å². The van der Waals surface area contributed by atoms with Gasteiger partial charge in [-0.3, -0.25) is 0 Å². The standard InChI is InChI=1S/C11H26N2O/c1-11(2,3)13-7-5-6-9-14-10-8-12-4/h12-13H,5-10H2,1-4H3.